The molecule has 10 heteroatoms. The summed E-state index contributed by atoms with van der Waals surface area (Å²) in [5.74, 6) is -2.21. The monoisotopic (exact) mass is 273 g/mol. The molecule has 2 atom stereocenters. The molecule has 3 N–H and O–H groups in total. The molecule has 104 valence electrons. The number of carbonyl (C=O) groups is 4. The Morgan fingerprint density at radius 2 is 2.16 bits per heavy atom. The van der Waals surface area contributed by atoms with Gasteiger partial charge in [0.15, 0.2) is 0 Å². The predicted octanol–water partition coefficient (Wildman–Crippen LogP) is -2.04. The van der Waals surface area contributed by atoms with Crippen molar-refractivity contribution >= 4 is 23.9 Å². The number of primary amides is 1. The van der Waals surface area contributed by atoms with Crippen molar-refractivity contribution in [2.75, 3.05) is 6.61 Å². The number of hydrogen-bond donors (Lipinski definition) is 2. The highest BCUT2D eigenvalue weighted by atomic mass is 17.0. The van der Waals surface area contributed by atoms with Gasteiger partial charge in [-0.1, -0.05) is 0 Å². The van der Waals surface area contributed by atoms with Crippen LogP contribution in [-0.4, -0.2) is 47.9 Å². The van der Waals surface area contributed by atoms with E-state index in [0.29, 0.717) is 5.23 Å². The second kappa shape index (κ2) is 5.10. The van der Waals surface area contributed by atoms with Gasteiger partial charge in [-0.2, -0.15) is 0 Å². The zero-order valence-corrected chi connectivity index (χ0v) is 9.66. The standard InChI is InChI=1S/C9H11N3O7/c10-9(16)11-4-3-17-12(7(4)14)19-8(15)5-1-2-6(13)18-5/h4-5H,1-3H2,(H3,10,11,16)/t4-,5?/m0/s1. The Bertz CT molecular complexity index is 438. The van der Waals surface area contributed by atoms with Crippen molar-refractivity contribution in [1.82, 2.24) is 10.5 Å². The number of carbonyl (C=O) groups excluding carboxylic acids is 4. The minimum Gasteiger partial charge on any atom is -0.450 e. The van der Waals surface area contributed by atoms with Crippen LogP contribution in [0.1, 0.15) is 12.8 Å². The molecule has 1 unspecified atom stereocenters. The molecule has 0 bridgehead atoms. The van der Waals surface area contributed by atoms with Crippen LogP contribution in [0.5, 0.6) is 0 Å². The second-order valence-electron chi connectivity index (χ2n) is 3.88. The van der Waals surface area contributed by atoms with Gasteiger partial charge in [0.05, 0.1) is 0 Å². The van der Waals surface area contributed by atoms with E-state index in [1.807, 2.05) is 0 Å². The lowest BCUT2D eigenvalue weighted by atomic mass is 10.2. The summed E-state index contributed by atoms with van der Waals surface area (Å²) in [6.07, 6.45) is -0.754. The topological polar surface area (TPSA) is 137 Å². The van der Waals surface area contributed by atoms with Gasteiger partial charge in [0.1, 0.15) is 12.6 Å². The summed E-state index contributed by atoms with van der Waals surface area (Å²) in [5.41, 5.74) is 4.85. The molecule has 2 heterocycles. The summed E-state index contributed by atoms with van der Waals surface area (Å²) in [6.45, 7) is -0.209. The quantitative estimate of drug-likeness (QED) is 0.565. The first-order chi connectivity index (χ1) is 8.97. The maximum absolute atomic E-state index is 11.6. The summed E-state index contributed by atoms with van der Waals surface area (Å²) < 4.78 is 4.66. The Labute approximate surface area is 106 Å². The fraction of sp³-hybridized carbons (Fsp3) is 0.556. The largest absolute Gasteiger partial charge is 0.450 e. The maximum Gasteiger partial charge on any atom is 0.375 e. The van der Waals surface area contributed by atoms with E-state index in [2.05, 4.69) is 14.9 Å². The van der Waals surface area contributed by atoms with Crippen molar-refractivity contribution in [3.63, 3.8) is 0 Å². The van der Waals surface area contributed by atoms with E-state index in [1.54, 1.807) is 0 Å². The summed E-state index contributed by atoms with van der Waals surface area (Å²) in [5, 5.41) is 2.46. The van der Waals surface area contributed by atoms with Gasteiger partial charge in [0.2, 0.25) is 6.10 Å². The molecule has 3 amide bonds. The average Bonchev–Trinajstić information content (AvgIpc) is 2.89. The van der Waals surface area contributed by atoms with Crippen LogP contribution in [0.2, 0.25) is 0 Å². The Morgan fingerprint density at radius 3 is 2.74 bits per heavy atom. The number of hydrogen-bond acceptors (Lipinski definition) is 7. The van der Waals surface area contributed by atoms with E-state index >= 15 is 0 Å². The van der Waals surface area contributed by atoms with E-state index in [9.17, 15) is 19.2 Å². The van der Waals surface area contributed by atoms with E-state index in [1.165, 1.54) is 0 Å². The third-order valence-corrected chi connectivity index (χ3v) is 2.47. The third-order valence-electron chi connectivity index (χ3n) is 2.47. The van der Waals surface area contributed by atoms with Crippen LogP contribution in [-0.2, 0) is 28.8 Å². The number of urea groups is 1. The minimum atomic E-state index is -1.05. The Morgan fingerprint density at radius 1 is 1.42 bits per heavy atom. The van der Waals surface area contributed by atoms with Crippen LogP contribution in [0, 0.1) is 0 Å². The predicted molar refractivity (Wildman–Crippen MR) is 54.5 cm³/mol. The van der Waals surface area contributed by atoms with Crippen molar-refractivity contribution in [3.05, 3.63) is 0 Å². The molecule has 2 rings (SSSR count). The highest BCUT2D eigenvalue weighted by Crippen LogP contribution is 2.17. The molecule has 0 aromatic heterocycles. The van der Waals surface area contributed by atoms with Crippen molar-refractivity contribution in [1.29, 1.82) is 0 Å². The summed E-state index contributed by atoms with van der Waals surface area (Å²) in [7, 11) is 0. The van der Waals surface area contributed by atoms with Gasteiger partial charge < -0.3 is 20.6 Å². The lowest BCUT2D eigenvalue weighted by molar-refractivity contribution is -0.306. The average molecular weight is 273 g/mol. The number of nitrogens with one attached hydrogen (secondary N) is 1. The van der Waals surface area contributed by atoms with Gasteiger partial charge in [-0.3, -0.25) is 9.59 Å². The highest BCUT2D eigenvalue weighted by Gasteiger charge is 2.40. The fourth-order valence-electron chi connectivity index (χ4n) is 1.58. The molecule has 10 nitrogen and oxygen atoms in total. The van der Waals surface area contributed by atoms with Crippen LogP contribution in [0.4, 0.5) is 4.79 Å². The molecular formula is C9H11N3O7. The smallest absolute Gasteiger partial charge is 0.375 e. The molecular weight excluding hydrogens is 262 g/mol. The van der Waals surface area contributed by atoms with E-state index < -0.39 is 36.0 Å². The van der Waals surface area contributed by atoms with Crippen molar-refractivity contribution < 1.29 is 33.6 Å². The fourth-order valence-corrected chi connectivity index (χ4v) is 1.58. The molecule has 19 heavy (non-hydrogen) atoms. The van der Waals surface area contributed by atoms with Gasteiger partial charge in [-0.25, -0.2) is 14.4 Å². The van der Waals surface area contributed by atoms with Gasteiger partial charge in [0.25, 0.3) is 0 Å². The molecule has 0 aromatic rings. The summed E-state index contributed by atoms with van der Waals surface area (Å²) in [6, 6.07) is -1.92. The van der Waals surface area contributed by atoms with E-state index in [-0.39, 0.29) is 19.4 Å². The van der Waals surface area contributed by atoms with Crippen LogP contribution in [0.3, 0.4) is 0 Å². The molecule has 2 fully saturated rings. The maximum atomic E-state index is 11.6. The molecule has 0 spiro atoms. The third kappa shape index (κ3) is 2.91. The van der Waals surface area contributed by atoms with Crippen LogP contribution in [0.15, 0.2) is 0 Å². The molecule has 0 saturated carbocycles. The molecule has 2 aliphatic rings. The van der Waals surface area contributed by atoms with Crippen molar-refractivity contribution in [3.8, 4) is 0 Å². The van der Waals surface area contributed by atoms with E-state index in [4.69, 9.17) is 10.6 Å². The van der Waals surface area contributed by atoms with Gasteiger partial charge in [0, 0.05) is 12.8 Å². The number of nitrogens with two attached hydrogens (primary N) is 1. The number of cyclic esters (lactones) is 1. The zero-order valence-electron chi connectivity index (χ0n) is 9.66. The Kier molecular flexibility index (Phi) is 3.51. The van der Waals surface area contributed by atoms with Crippen LogP contribution >= 0.6 is 0 Å². The highest BCUT2D eigenvalue weighted by molar-refractivity contribution is 5.88. The minimum absolute atomic E-state index is 0.112. The second-order valence-corrected chi connectivity index (χ2v) is 3.88. The number of rotatable bonds is 3. The summed E-state index contributed by atoms with van der Waals surface area (Å²) >= 11 is 0. The number of nitrogens with zero attached hydrogens (tertiary/aromatic N) is 1. The SMILES string of the molecule is NC(=O)N[C@H]1CON(OC(=O)C2CCC(=O)O2)C1=O. The lowest BCUT2D eigenvalue weighted by Crippen LogP contribution is -2.45. The van der Waals surface area contributed by atoms with Crippen LogP contribution < -0.4 is 11.1 Å². The normalized spacial score (nSPS) is 26.2. The number of esters is 1. The Balaban J connectivity index is 1.86. The van der Waals surface area contributed by atoms with Gasteiger partial charge in [-0.05, 0) is 5.23 Å². The van der Waals surface area contributed by atoms with Crippen molar-refractivity contribution in [2.24, 2.45) is 5.73 Å². The molecule has 0 aliphatic carbocycles. The lowest BCUT2D eigenvalue weighted by Gasteiger charge is -2.15. The summed E-state index contributed by atoms with van der Waals surface area (Å²) in [4.78, 5) is 53.9. The van der Waals surface area contributed by atoms with E-state index in [0.717, 1.165) is 0 Å². The molecule has 0 radical (unpaired) electrons. The number of ether oxygens (including phenoxy) is 1. The Hall–Kier alpha value is -2.36. The van der Waals surface area contributed by atoms with Gasteiger partial charge in [-0.15, -0.1) is 0 Å². The van der Waals surface area contributed by atoms with Gasteiger partial charge >= 0.3 is 23.9 Å². The first kappa shape index (κ1) is 13.1. The zero-order chi connectivity index (χ0) is 14.0. The molecule has 0 aromatic carbocycles. The van der Waals surface area contributed by atoms with Crippen molar-refractivity contribution in [2.45, 2.75) is 25.0 Å². The molecule has 2 aliphatic heterocycles. The number of hydroxylamine groups is 2. The first-order valence-electron chi connectivity index (χ1n) is 5.41. The first-order valence-corrected chi connectivity index (χ1v) is 5.41. The molecule has 2 saturated heterocycles. The van der Waals surface area contributed by atoms with Crippen LogP contribution in [0.25, 0.3) is 0 Å². The number of amides is 3.